The van der Waals surface area contributed by atoms with Crippen LogP contribution in [0.3, 0.4) is 0 Å². The Morgan fingerprint density at radius 2 is 1.76 bits per heavy atom. The number of hydrogen-bond donors (Lipinski definition) is 0. The molecular weight excluding hydrogens is 412 g/mol. The van der Waals surface area contributed by atoms with E-state index in [1.54, 1.807) is 31.4 Å². The summed E-state index contributed by atoms with van der Waals surface area (Å²) in [6, 6.07) is 6.69. The third kappa shape index (κ3) is 8.38. The SMILES string of the molecule is COc1ccc(C(=O)COC(=O)/C=C(/C)C=CC=C(C)C=CC2=C(C)CCCC2(C)C)cc1. The van der Waals surface area contributed by atoms with Gasteiger partial charge >= 0.3 is 5.97 Å². The molecule has 0 saturated heterocycles. The topological polar surface area (TPSA) is 52.6 Å². The number of rotatable bonds is 9. The summed E-state index contributed by atoms with van der Waals surface area (Å²) in [6.07, 6.45) is 15.2. The predicted octanol–water partition coefficient (Wildman–Crippen LogP) is 6.95. The quantitative estimate of drug-likeness (QED) is 0.177. The van der Waals surface area contributed by atoms with Crippen LogP contribution in [0.4, 0.5) is 0 Å². The van der Waals surface area contributed by atoms with Gasteiger partial charge in [-0.15, -0.1) is 0 Å². The predicted molar refractivity (Wildman–Crippen MR) is 134 cm³/mol. The molecule has 176 valence electrons. The molecule has 0 unspecified atom stereocenters. The summed E-state index contributed by atoms with van der Waals surface area (Å²) in [4.78, 5) is 24.2. The zero-order valence-corrected chi connectivity index (χ0v) is 20.7. The molecule has 1 aromatic carbocycles. The first-order valence-corrected chi connectivity index (χ1v) is 11.4. The van der Waals surface area contributed by atoms with Crippen LogP contribution in [0.1, 0.15) is 64.2 Å². The van der Waals surface area contributed by atoms with Crippen LogP contribution in [0.15, 0.2) is 83.0 Å². The minimum absolute atomic E-state index is 0.226. The van der Waals surface area contributed by atoms with Crippen molar-refractivity contribution in [1.82, 2.24) is 0 Å². The van der Waals surface area contributed by atoms with Crippen LogP contribution in [0.5, 0.6) is 5.75 Å². The molecule has 1 aliphatic rings. The normalized spacial score (nSPS) is 17.0. The van der Waals surface area contributed by atoms with E-state index in [1.807, 2.05) is 25.2 Å². The molecule has 0 spiro atoms. The molecule has 0 N–H and O–H groups in total. The molecule has 1 aliphatic carbocycles. The third-order valence-electron chi connectivity index (χ3n) is 5.88. The van der Waals surface area contributed by atoms with Crippen LogP contribution < -0.4 is 4.74 Å². The molecule has 0 aliphatic heterocycles. The molecule has 0 heterocycles. The standard InChI is InChI=1S/C29H36O4/c1-21(12-17-26-23(3)11-8-18-29(26,4)5)9-7-10-22(2)19-28(31)33-20-27(30)24-13-15-25(32-6)16-14-24/h7,9-10,12-17,19H,8,11,18,20H2,1-6H3/b10-7?,17-12?,21-9?,22-19-. The maximum atomic E-state index is 12.1. The van der Waals surface area contributed by atoms with Crippen LogP contribution in [-0.2, 0) is 9.53 Å². The van der Waals surface area contributed by atoms with E-state index in [-0.39, 0.29) is 17.8 Å². The van der Waals surface area contributed by atoms with E-state index in [2.05, 4.69) is 39.8 Å². The van der Waals surface area contributed by atoms with E-state index in [9.17, 15) is 9.59 Å². The maximum absolute atomic E-state index is 12.1. The minimum Gasteiger partial charge on any atom is -0.497 e. The summed E-state index contributed by atoms with van der Waals surface area (Å²) in [5, 5.41) is 0. The molecule has 0 atom stereocenters. The number of hydrogen-bond acceptors (Lipinski definition) is 4. The fourth-order valence-electron chi connectivity index (χ4n) is 3.90. The van der Waals surface area contributed by atoms with Crippen LogP contribution in [0.2, 0.25) is 0 Å². The molecule has 0 bridgehead atoms. The number of carbonyl (C=O) groups excluding carboxylic acids is 2. The summed E-state index contributed by atoms with van der Waals surface area (Å²) < 4.78 is 10.2. The van der Waals surface area contributed by atoms with Gasteiger partial charge in [0, 0.05) is 11.6 Å². The average Bonchev–Trinajstić information content (AvgIpc) is 2.76. The number of benzene rings is 1. The summed E-state index contributed by atoms with van der Waals surface area (Å²) in [7, 11) is 1.56. The van der Waals surface area contributed by atoms with Crippen molar-refractivity contribution < 1.29 is 19.1 Å². The summed E-state index contributed by atoms with van der Waals surface area (Å²) >= 11 is 0. The summed E-state index contributed by atoms with van der Waals surface area (Å²) in [5.41, 5.74) is 5.50. The van der Waals surface area contributed by atoms with Crippen LogP contribution in [-0.4, -0.2) is 25.5 Å². The van der Waals surface area contributed by atoms with E-state index in [1.165, 1.54) is 36.5 Å². The van der Waals surface area contributed by atoms with Crippen molar-refractivity contribution in [2.75, 3.05) is 13.7 Å². The highest BCUT2D eigenvalue weighted by Gasteiger charge is 2.26. The van der Waals surface area contributed by atoms with E-state index < -0.39 is 5.97 Å². The Bertz CT molecular complexity index is 999. The molecule has 0 saturated carbocycles. The van der Waals surface area contributed by atoms with Crippen LogP contribution in [0.25, 0.3) is 0 Å². The smallest absolute Gasteiger partial charge is 0.331 e. The molecule has 4 nitrogen and oxygen atoms in total. The van der Waals surface area contributed by atoms with Crippen molar-refractivity contribution in [2.45, 2.75) is 53.9 Å². The molecular formula is C29H36O4. The van der Waals surface area contributed by atoms with Crippen molar-refractivity contribution in [1.29, 1.82) is 0 Å². The van der Waals surface area contributed by atoms with Crippen LogP contribution in [0, 0.1) is 5.41 Å². The van der Waals surface area contributed by atoms with Gasteiger partial charge in [-0.1, -0.05) is 55.4 Å². The Kier molecular flexibility index (Phi) is 9.65. The largest absolute Gasteiger partial charge is 0.497 e. The first kappa shape index (κ1) is 26.1. The lowest BCUT2D eigenvalue weighted by Crippen LogP contribution is -2.19. The fourth-order valence-corrected chi connectivity index (χ4v) is 3.90. The summed E-state index contributed by atoms with van der Waals surface area (Å²) in [6.45, 7) is 10.4. The molecule has 2 rings (SSSR count). The second-order valence-electron chi connectivity index (χ2n) is 9.18. The number of methoxy groups -OCH3 is 1. The zero-order chi connectivity index (χ0) is 24.4. The highest BCUT2D eigenvalue weighted by molar-refractivity contribution is 5.98. The van der Waals surface area contributed by atoms with Gasteiger partial charge in [0.1, 0.15) is 5.75 Å². The lowest BCUT2D eigenvalue weighted by atomic mass is 9.72. The molecule has 1 aromatic rings. The van der Waals surface area contributed by atoms with Gasteiger partial charge in [0.15, 0.2) is 12.4 Å². The number of carbonyl (C=O) groups is 2. The van der Waals surface area contributed by atoms with Gasteiger partial charge in [0.05, 0.1) is 7.11 Å². The number of esters is 1. The highest BCUT2D eigenvalue weighted by atomic mass is 16.5. The summed E-state index contributed by atoms with van der Waals surface area (Å²) in [5.74, 6) is -0.135. The van der Waals surface area contributed by atoms with Gasteiger partial charge < -0.3 is 9.47 Å². The zero-order valence-electron chi connectivity index (χ0n) is 20.7. The van der Waals surface area contributed by atoms with Gasteiger partial charge in [0.25, 0.3) is 0 Å². The van der Waals surface area contributed by atoms with E-state index in [0.29, 0.717) is 11.3 Å². The van der Waals surface area contributed by atoms with E-state index in [0.717, 1.165) is 11.1 Å². The van der Waals surface area contributed by atoms with Gasteiger partial charge in [-0.3, -0.25) is 4.79 Å². The van der Waals surface area contributed by atoms with Gasteiger partial charge in [-0.25, -0.2) is 4.79 Å². The minimum atomic E-state index is -0.540. The monoisotopic (exact) mass is 448 g/mol. The first-order valence-electron chi connectivity index (χ1n) is 11.4. The second kappa shape index (κ2) is 12.2. The van der Waals surface area contributed by atoms with Gasteiger partial charge in [0.2, 0.25) is 0 Å². The van der Waals surface area contributed by atoms with Crippen LogP contribution >= 0.6 is 0 Å². The number of allylic oxidation sites excluding steroid dienone is 9. The molecule has 4 heteroatoms. The Balaban J connectivity index is 1.88. The average molecular weight is 449 g/mol. The lowest BCUT2D eigenvalue weighted by Gasteiger charge is -2.32. The fraction of sp³-hybridized carbons (Fsp3) is 0.379. The Morgan fingerprint density at radius 1 is 1.06 bits per heavy atom. The van der Waals surface area contributed by atoms with E-state index in [4.69, 9.17) is 9.47 Å². The Morgan fingerprint density at radius 3 is 2.39 bits per heavy atom. The number of ketones is 1. The van der Waals surface area contributed by atoms with E-state index >= 15 is 0 Å². The maximum Gasteiger partial charge on any atom is 0.331 e. The van der Waals surface area contributed by atoms with Gasteiger partial charge in [-0.05, 0) is 80.9 Å². The van der Waals surface area contributed by atoms with Crippen molar-refractivity contribution in [3.05, 3.63) is 88.6 Å². The molecule has 0 fully saturated rings. The molecule has 0 amide bonds. The second-order valence-corrected chi connectivity index (χ2v) is 9.18. The van der Waals surface area contributed by atoms with Crippen molar-refractivity contribution in [3.8, 4) is 5.75 Å². The van der Waals surface area contributed by atoms with Crippen molar-refractivity contribution in [2.24, 2.45) is 5.41 Å². The highest BCUT2D eigenvalue weighted by Crippen LogP contribution is 2.40. The number of ether oxygens (including phenoxy) is 2. The third-order valence-corrected chi connectivity index (χ3v) is 5.88. The molecule has 0 radical (unpaired) electrons. The Labute approximate surface area is 198 Å². The van der Waals surface area contributed by atoms with Crippen molar-refractivity contribution in [3.63, 3.8) is 0 Å². The van der Waals surface area contributed by atoms with Crippen molar-refractivity contribution >= 4 is 11.8 Å². The molecule has 0 aromatic heterocycles. The van der Waals surface area contributed by atoms with Gasteiger partial charge in [-0.2, -0.15) is 0 Å². The Hall–Kier alpha value is -3.14. The number of Topliss-reactive ketones (excluding diaryl/α,β-unsaturated/α-hetero) is 1. The lowest BCUT2D eigenvalue weighted by molar-refractivity contribution is -0.136. The first-order chi connectivity index (χ1) is 15.6. The molecule has 33 heavy (non-hydrogen) atoms.